The van der Waals surface area contributed by atoms with E-state index < -0.39 is 0 Å². The maximum absolute atomic E-state index is 13.0. The number of aryl methyl sites for hydroxylation is 2. The number of aromatic nitrogens is 2. The number of anilines is 1. The van der Waals surface area contributed by atoms with Crippen molar-refractivity contribution in [3.63, 3.8) is 0 Å². The van der Waals surface area contributed by atoms with Gasteiger partial charge in [0.1, 0.15) is 23.6 Å². The molecule has 0 bridgehead atoms. The molecule has 0 aliphatic carbocycles. The van der Waals surface area contributed by atoms with Crippen molar-refractivity contribution in [1.82, 2.24) is 9.13 Å². The van der Waals surface area contributed by atoms with Crippen molar-refractivity contribution in [3.8, 4) is 46.2 Å². The summed E-state index contributed by atoms with van der Waals surface area (Å²) in [5.74, 6) is 1.34. The molecule has 0 atom stereocenters. The number of benzene rings is 4. The summed E-state index contributed by atoms with van der Waals surface area (Å²) in [4.78, 5) is 13.0. The van der Waals surface area contributed by atoms with Crippen LogP contribution in [-0.4, -0.2) is 29.3 Å². The second kappa shape index (κ2) is 12.6. The second-order valence-corrected chi connectivity index (χ2v) is 10.9. The third-order valence-electron chi connectivity index (χ3n) is 8.43. The predicted molar refractivity (Wildman–Crippen MR) is 181 cm³/mol. The summed E-state index contributed by atoms with van der Waals surface area (Å²) in [6, 6.07) is 31.6. The van der Waals surface area contributed by atoms with E-state index in [1.165, 1.54) is 0 Å². The molecule has 46 heavy (non-hydrogen) atoms. The van der Waals surface area contributed by atoms with Gasteiger partial charge in [0.2, 0.25) is 5.91 Å². The molecule has 0 fully saturated rings. The lowest BCUT2D eigenvalue weighted by molar-refractivity contribution is -0.115. The molecule has 4 aromatic carbocycles. The number of carbonyl (C=O) groups excluding carboxylic acids is 1. The number of carbonyl (C=O) groups is 1. The monoisotopic (exact) mass is 607 g/mol. The summed E-state index contributed by atoms with van der Waals surface area (Å²) in [5, 5.41) is 24.8. The van der Waals surface area contributed by atoms with Crippen LogP contribution in [0.3, 0.4) is 0 Å². The van der Waals surface area contributed by atoms with Crippen molar-refractivity contribution >= 4 is 33.4 Å². The summed E-state index contributed by atoms with van der Waals surface area (Å²) >= 11 is 0. The predicted octanol–water partition coefficient (Wildman–Crippen LogP) is 7.91. The molecule has 228 valence electrons. The fourth-order valence-electron chi connectivity index (χ4n) is 6.28. The molecule has 0 spiro atoms. The molecule has 1 amide bonds. The number of hydrogen-bond acceptors (Lipinski definition) is 5. The average molecular weight is 608 g/mol. The van der Waals surface area contributed by atoms with Crippen LogP contribution >= 0.6 is 0 Å². The minimum Gasteiger partial charge on any atom is -0.497 e. The summed E-state index contributed by atoms with van der Waals surface area (Å²) < 4.78 is 15.1. The Morgan fingerprint density at radius 1 is 0.696 bits per heavy atom. The van der Waals surface area contributed by atoms with Gasteiger partial charge in [-0.3, -0.25) is 4.79 Å². The first-order valence-corrected chi connectivity index (χ1v) is 15.1. The Bertz CT molecular complexity index is 2020. The zero-order valence-corrected chi connectivity index (χ0v) is 26.2. The van der Waals surface area contributed by atoms with Crippen molar-refractivity contribution in [2.24, 2.45) is 0 Å². The van der Waals surface area contributed by atoms with E-state index in [9.17, 15) is 15.3 Å². The molecule has 0 unspecified atom stereocenters. The number of amides is 1. The first kappa shape index (κ1) is 30.1. The van der Waals surface area contributed by atoms with E-state index in [1.807, 2.05) is 91.9 Å². The lowest BCUT2D eigenvalue weighted by atomic mass is 10.0. The number of methoxy groups -OCH3 is 2. The summed E-state index contributed by atoms with van der Waals surface area (Å²) in [6.07, 6.45) is 0.200. The summed E-state index contributed by atoms with van der Waals surface area (Å²) in [5.41, 5.74) is 8.15. The van der Waals surface area contributed by atoms with Crippen LogP contribution in [0.2, 0.25) is 0 Å². The fraction of sp³-hybridized carbons (Fsp3) is 0.184. The van der Waals surface area contributed by atoms with E-state index in [0.717, 1.165) is 61.4 Å². The van der Waals surface area contributed by atoms with Gasteiger partial charge in [-0.15, -0.1) is 0 Å². The van der Waals surface area contributed by atoms with Gasteiger partial charge in [0.15, 0.2) is 0 Å². The maximum atomic E-state index is 13.0. The smallest absolute Gasteiger partial charge is 0.228 e. The van der Waals surface area contributed by atoms with Crippen LogP contribution < -0.4 is 14.8 Å². The molecule has 6 aromatic rings. The van der Waals surface area contributed by atoms with E-state index in [1.54, 1.807) is 14.2 Å². The zero-order chi connectivity index (χ0) is 32.4. The molecule has 0 aliphatic rings. The Morgan fingerprint density at radius 3 is 1.57 bits per heavy atom. The third kappa shape index (κ3) is 5.21. The summed E-state index contributed by atoms with van der Waals surface area (Å²) in [6.45, 7) is 5.48. The highest BCUT2D eigenvalue weighted by Gasteiger charge is 2.20. The Kier molecular flexibility index (Phi) is 8.20. The van der Waals surface area contributed by atoms with Crippen molar-refractivity contribution < 1.29 is 14.3 Å². The molecule has 8 nitrogen and oxygen atoms in total. The molecule has 2 aromatic heterocycles. The van der Waals surface area contributed by atoms with Crippen molar-refractivity contribution in [2.45, 2.75) is 33.4 Å². The van der Waals surface area contributed by atoms with E-state index >= 15 is 0 Å². The number of nitriles is 2. The molecule has 8 heteroatoms. The van der Waals surface area contributed by atoms with Crippen molar-refractivity contribution in [1.29, 1.82) is 10.5 Å². The van der Waals surface area contributed by atoms with Gasteiger partial charge in [-0.1, -0.05) is 36.4 Å². The standard InChI is InChI=1S/C38H33N5O3/c1-5-42-34-20-28(45-3)15-17-30(34)32(22-39)37(42)25-9-7-24(8-10-25)19-36(44)41-27-13-11-26(12-14-27)38-33(23-40)31-18-16-29(46-4)21-35(31)43(38)6-2/h7-18,20-21H,5-6,19H2,1-4H3,(H,41,44). The van der Waals surface area contributed by atoms with Gasteiger partial charge < -0.3 is 23.9 Å². The van der Waals surface area contributed by atoms with Gasteiger partial charge in [0.25, 0.3) is 0 Å². The van der Waals surface area contributed by atoms with Crippen LogP contribution in [0.5, 0.6) is 11.5 Å². The zero-order valence-electron chi connectivity index (χ0n) is 26.2. The molecule has 0 radical (unpaired) electrons. The third-order valence-corrected chi connectivity index (χ3v) is 8.43. The Hall–Kier alpha value is -5.99. The van der Waals surface area contributed by atoms with Crippen LogP contribution in [-0.2, 0) is 24.3 Å². The Balaban J connectivity index is 1.21. The van der Waals surface area contributed by atoms with Gasteiger partial charge in [0.05, 0.1) is 54.2 Å². The van der Waals surface area contributed by atoms with E-state index in [0.29, 0.717) is 29.9 Å². The first-order valence-electron chi connectivity index (χ1n) is 15.1. The highest BCUT2D eigenvalue weighted by atomic mass is 16.5. The molecule has 2 heterocycles. The lowest BCUT2D eigenvalue weighted by Gasteiger charge is -2.11. The Labute approximate surface area is 267 Å². The normalized spacial score (nSPS) is 10.9. The average Bonchev–Trinajstić information content (AvgIpc) is 3.59. The van der Waals surface area contributed by atoms with Crippen LogP contribution in [0, 0.1) is 22.7 Å². The minimum atomic E-state index is -0.138. The van der Waals surface area contributed by atoms with Crippen LogP contribution in [0.25, 0.3) is 44.3 Å². The number of nitrogens with one attached hydrogen (secondary N) is 1. The highest BCUT2D eigenvalue weighted by molar-refractivity contribution is 5.97. The number of nitrogens with zero attached hydrogens (tertiary/aromatic N) is 4. The van der Waals surface area contributed by atoms with Crippen molar-refractivity contribution in [2.75, 3.05) is 19.5 Å². The number of rotatable bonds is 9. The molecule has 1 N–H and O–H groups in total. The van der Waals surface area contributed by atoms with E-state index in [2.05, 4.69) is 33.5 Å². The van der Waals surface area contributed by atoms with Gasteiger partial charge in [-0.2, -0.15) is 10.5 Å². The SMILES string of the molecule is CCn1c(-c2ccc(CC(=O)Nc3ccc(-c4c(C#N)c5ccc(OC)cc5n4CC)cc3)cc2)c(C#N)c2ccc(OC)cc21. The van der Waals surface area contributed by atoms with Gasteiger partial charge in [0, 0.05) is 41.7 Å². The molecular weight excluding hydrogens is 574 g/mol. The maximum Gasteiger partial charge on any atom is 0.228 e. The minimum absolute atomic E-state index is 0.138. The molecule has 0 saturated heterocycles. The number of ether oxygens (including phenoxy) is 2. The quantitative estimate of drug-likeness (QED) is 0.180. The molecular formula is C38H33N5O3. The van der Waals surface area contributed by atoms with Gasteiger partial charge in [-0.25, -0.2) is 0 Å². The molecule has 0 aliphatic heterocycles. The van der Waals surface area contributed by atoms with Crippen LogP contribution in [0.1, 0.15) is 30.5 Å². The van der Waals surface area contributed by atoms with E-state index in [4.69, 9.17) is 9.47 Å². The number of fused-ring (bicyclic) bond motifs is 2. The van der Waals surface area contributed by atoms with Gasteiger partial charge >= 0.3 is 0 Å². The lowest BCUT2D eigenvalue weighted by Crippen LogP contribution is -2.14. The topological polar surface area (TPSA) is 105 Å². The second-order valence-electron chi connectivity index (χ2n) is 10.9. The first-order chi connectivity index (χ1) is 22.4. The number of hydrogen-bond donors (Lipinski definition) is 1. The van der Waals surface area contributed by atoms with Gasteiger partial charge in [-0.05, 0) is 66.9 Å². The highest BCUT2D eigenvalue weighted by Crippen LogP contribution is 2.37. The van der Waals surface area contributed by atoms with E-state index in [-0.39, 0.29) is 12.3 Å². The Morgan fingerprint density at radius 2 is 1.15 bits per heavy atom. The largest absolute Gasteiger partial charge is 0.497 e. The fourth-order valence-corrected chi connectivity index (χ4v) is 6.28. The molecule has 6 rings (SSSR count). The molecule has 0 saturated carbocycles. The van der Waals surface area contributed by atoms with Crippen LogP contribution in [0.15, 0.2) is 84.9 Å². The van der Waals surface area contributed by atoms with Crippen LogP contribution in [0.4, 0.5) is 5.69 Å². The van der Waals surface area contributed by atoms with Crippen molar-refractivity contribution in [3.05, 3.63) is 102 Å². The summed E-state index contributed by atoms with van der Waals surface area (Å²) in [7, 11) is 3.26.